The number of nitrogens with one attached hydrogen (secondary N) is 1. The Bertz CT molecular complexity index is 773. The van der Waals surface area contributed by atoms with Crippen molar-refractivity contribution in [2.24, 2.45) is 0 Å². The average Bonchev–Trinajstić information content (AvgIpc) is 2.55. The van der Waals surface area contributed by atoms with Crippen molar-refractivity contribution in [1.29, 1.82) is 0 Å². The van der Waals surface area contributed by atoms with Gasteiger partial charge in [0.2, 0.25) is 0 Å². The van der Waals surface area contributed by atoms with Crippen LogP contribution in [0.4, 0.5) is 10.1 Å². The van der Waals surface area contributed by atoms with E-state index in [0.29, 0.717) is 32.4 Å². The molecular formula is C19H20Br2FNO3. The van der Waals surface area contributed by atoms with Gasteiger partial charge in [0, 0.05) is 18.0 Å². The third-order valence-electron chi connectivity index (χ3n) is 3.58. The summed E-state index contributed by atoms with van der Waals surface area (Å²) < 4.78 is 21.7. The zero-order valence-corrected chi connectivity index (χ0v) is 17.7. The smallest absolute Gasteiger partial charge is 0.303 e. The topological polar surface area (TPSA) is 58.6 Å². The molecule has 2 N–H and O–H groups in total. The van der Waals surface area contributed by atoms with Gasteiger partial charge in [0.15, 0.2) is 5.82 Å². The molecule has 2 rings (SSSR count). The van der Waals surface area contributed by atoms with E-state index < -0.39 is 5.97 Å². The molecule has 0 unspecified atom stereocenters. The molecule has 4 nitrogen and oxygen atoms in total. The lowest BCUT2D eigenvalue weighted by Gasteiger charge is -2.15. The van der Waals surface area contributed by atoms with Crippen LogP contribution in [0.3, 0.4) is 0 Å². The molecule has 0 bridgehead atoms. The summed E-state index contributed by atoms with van der Waals surface area (Å²) >= 11 is 6.87. The molecule has 0 saturated carbocycles. The normalized spacial score (nSPS) is 10.8. The number of benzene rings is 2. The first kappa shape index (κ1) is 20.7. The molecule has 0 fully saturated rings. The van der Waals surface area contributed by atoms with Crippen LogP contribution in [0.5, 0.6) is 5.75 Å². The highest BCUT2D eigenvalue weighted by Gasteiger charge is 2.13. The Balaban J connectivity index is 2.13. The second-order valence-electron chi connectivity index (χ2n) is 6.15. The Morgan fingerprint density at radius 3 is 2.50 bits per heavy atom. The van der Waals surface area contributed by atoms with E-state index in [0.717, 1.165) is 5.56 Å². The van der Waals surface area contributed by atoms with Crippen molar-refractivity contribution in [3.8, 4) is 5.75 Å². The first-order valence-corrected chi connectivity index (χ1v) is 9.73. The van der Waals surface area contributed by atoms with Crippen LogP contribution >= 0.6 is 31.9 Å². The molecule has 26 heavy (non-hydrogen) atoms. The van der Waals surface area contributed by atoms with E-state index in [2.05, 4.69) is 37.2 Å². The Labute approximate surface area is 169 Å². The molecule has 0 amide bonds. The number of carbonyl (C=O) groups is 1. The van der Waals surface area contributed by atoms with Crippen molar-refractivity contribution >= 4 is 43.5 Å². The van der Waals surface area contributed by atoms with Crippen LogP contribution in [0.15, 0.2) is 39.3 Å². The molecular weight excluding hydrogens is 469 g/mol. The summed E-state index contributed by atoms with van der Waals surface area (Å²) in [5, 5.41) is 11.9. The van der Waals surface area contributed by atoms with E-state index in [9.17, 15) is 9.18 Å². The Morgan fingerprint density at radius 2 is 1.92 bits per heavy atom. The minimum atomic E-state index is -0.845. The molecule has 0 aliphatic rings. The van der Waals surface area contributed by atoms with E-state index in [1.54, 1.807) is 18.2 Å². The number of hydrogen-bond acceptors (Lipinski definition) is 3. The summed E-state index contributed by atoms with van der Waals surface area (Å²) in [6.45, 7) is 3.97. The summed E-state index contributed by atoms with van der Waals surface area (Å²) in [4.78, 5) is 10.7. The number of hydrogen-bond donors (Lipinski definition) is 2. The highest BCUT2D eigenvalue weighted by atomic mass is 79.9. The molecule has 0 heterocycles. The Hall–Kier alpha value is -1.60. The number of carboxylic acid groups (broad SMARTS) is 1. The van der Waals surface area contributed by atoms with Gasteiger partial charge >= 0.3 is 5.97 Å². The van der Waals surface area contributed by atoms with Gasteiger partial charge in [-0.2, -0.15) is 0 Å². The van der Waals surface area contributed by atoms with Crippen LogP contribution in [0.2, 0.25) is 0 Å². The van der Waals surface area contributed by atoms with Crippen molar-refractivity contribution in [1.82, 2.24) is 0 Å². The first-order valence-electron chi connectivity index (χ1n) is 8.14. The summed E-state index contributed by atoms with van der Waals surface area (Å²) in [6.07, 6.45) is 0.476. The largest absolute Gasteiger partial charge is 0.486 e. The SMILES string of the molecule is CC(C)Nc1cccc(COc2c(Br)cc(CCC(=O)O)cc2Br)c1F. The number of aliphatic carboxylic acids is 1. The highest BCUT2D eigenvalue weighted by Crippen LogP contribution is 2.36. The van der Waals surface area contributed by atoms with Gasteiger partial charge in [0.1, 0.15) is 12.4 Å². The number of anilines is 1. The van der Waals surface area contributed by atoms with Gasteiger partial charge in [-0.3, -0.25) is 4.79 Å². The third-order valence-corrected chi connectivity index (χ3v) is 4.76. The van der Waals surface area contributed by atoms with Crippen molar-refractivity contribution in [3.63, 3.8) is 0 Å². The monoisotopic (exact) mass is 487 g/mol. The maximum atomic E-state index is 14.6. The van der Waals surface area contributed by atoms with Gasteiger partial charge in [-0.25, -0.2) is 4.39 Å². The van der Waals surface area contributed by atoms with Crippen molar-refractivity contribution in [3.05, 3.63) is 56.2 Å². The molecule has 2 aromatic carbocycles. The summed E-state index contributed by atoms with van der Waals surface area (Å²) in [5.41, 5.74) is 1.76. The molecule has 0 spiro atoms. The fraction of sp³-hybridized carbons (Fsp3) is 0.316. The molecule has 0 radical (unpaired) electrons. The lowest BCUT2D eigenvalue weighted by Crippen LogP contribution is -2.12. The summed E-state index contributed by atoms with van der Waals surface area (Å²) in [7, 11) is 0. The summed E-state index contributed by atoms with van der Waals surface area (Å²) in [6, 6.07) is 8.92. The molecule has 0 aliphatic heterocycles. The van der Waals surface area contributed by atoms with E-state index >= 15 is 0 Å². The van der Waals surface area contributed by atoms with Crippen molar-refractivity contribution in [2.45, 2.75) is 39.3 Å². The van der Waals surface area contributed by atoms with Crippen LogP contribution in [0.25, 0.3) is 0 Å². The minimum Gasteiger partial charge on any atom is -0.486 e. The molecule has 7 heteroatoms. The second kappa shape index (κ2) is 9.37. The van der Waals surface area contributed by atoms with Gasteiger partial charge in [0.05, 0.1) is 14.6 Å². The van der Waals surface area contributed by atoms with Crippen LogP contribution in [0.1, 0.15) is 31.4 Å². The number of rotatable bonds is 8. The molecule has 0 saturated heterocycles. The van der Waals surface area contributed by atoms with E-state index in [1.807, 2.05) is 26.0 Å². The maximum absolute atomic E-state index is 14.6. The lowest BCUT2D eigenvalue weighted by molar-refractivity contribution is -0.136. The van der Waals surface area contributed by atoms with E-state index in [-0.39, 0.29) is 24.9 Å². The zero-order chi connectivity index (χ0) is 19.3. The standard InChI is InChI=1S/C19H20Br2FNO3/c1-11(2)23-16-5-3-4-13(18(16)22)10-26-19-14(20)8-12(9-15(19)21)6-7-17(24)25/h3-5,8-9,11,23H,6-7,10H2,1-2H3,(H,24,25). The maximum Gasteiger partial charge on any atom is 0.303 e. The van der Waals surface area contributed by atoms with Gasteiger partial charge in [-0.15, -0.1) is 0 Å². The molecule has 0 aliphatic carbocycles. The predicted octanol–water partition coefficient (Wildman–Crippen LogP) is 5.77. The van der Waals surface area contributed by atoms with Crippen molar-refractivity contribution < 1.29 is 19.0 Å². The van der Waals surface area contributed by atoms with Crippen LogP contribution < -0.4 is 10.1 Å². The number of carboxylic acids is 1. The lowest BCUT2D eigenvalue weighted by atomic mass is 10.1. The number of halogens is 3. The average molecular weight is 489 g/mol. The zero-order valence-electron chi connectivity index (χ0n) is 14.5. The highest BCUT2D eigenvalue weighted by molar-refractivity contribution is 9.11. The number of aryl methyl sites for hydroxylation is 1. The fourth-order valence-corrected chi connectivity index (χ4v) is 3.92. The minimum absolute atomic E-state index is 0.0555. The third kappa shape index (κ3) is 5.71. The number of ether oxygens (including phenoxy) is 1. The Morgan fingerprint density at radius 1 is 1.27 bits per heavy atom. The predicted molar refractivity (Wildman–Crippen MR) is 107 cm³/mol. The van der Waals surface area contributed by atoms with Crippen LogP contribution in [0, 0.1) is 5.82 Å². The first-order chi connectivity index (χ1) is 12.3. The second-order valence-corrected chi connectivity index (χ2v) is 7.86. The quantitative estimate of drug-likeness (QED) is 0.495. The van der Waals surface area contributed by atoms with Gasteiger partial charge < -0.3 is 15.2 Å². The molecule has 2 aromatic rings. The fourth-order valence-electron chi connectivity index (χ4n) is 2.41. The van der Waals surface area contributed by atoms with Gasteiger partial charge in [-0.1, -0.05) is 12.1 Å². The van der Waals surface area contributed by atoms with Crippen LogP contribution in [-0.4, -0.2) is 17.1 Å². The van der Waals surface area contributed by atoms with E-state index in [1.165, 1.54) is 0 Å². The van der Waals surface area contributed by atoms with Gasteiger partial charge in [0.25, 0.3) is 0 Å². The Kier molecular flexibility index (Phi) is 7.46. The van der Waals surface area contributed by atoms with E-state index in [4.69, 9.17) is 9.84 Å². The summed E-state index contributed by atoms with van der Waals surface area (Å²) in [5.74, 6) is -0.625. The van der Waals surface area contributed by atoms with Crippen molar-refractivity contribution in [2.75, 3.05) is 5.32 Å². The van der Waals surface area contributed by atoms with Crippen LogP contribution in [-0.2, 0) is 17.8 Å². The molecule has 0 aromatic heterocycles. The van der Waals surface area contributed by atoms with Gasteiger partial charge in [-0.05, 0) is 75.9 Å². The molecule has 0 atom stereocenters. The molecule has 140 valence electrons.